The van der Waals surface area contributed by atoms with Crippen LogP contribution in [-0.4, -0.2) is 41.3 Å². The van der Waals surface area contributed by atoms with E-state index < -0.39 is 23.3 Å². The molecular weight excluding hydrogens is 234 g/mol. The van der Waals surface area contributed by atoms with E-state index in [1.807, 2.05) is 0 Å². The molecule has 1 aliphatic heterocycles. The molecule has 0 N–H and O–H groups in total. The predicted octanol–water partition coefficient (Wildman–Crippen LogP) is 1.56. The van der Waals surface area contributed by atoms with Gasteiger partial charge in [0.2, 0.25) is 0 Å². The molecule has 0 spiro atoms. The fraction of sp³-hybridized carbons (Fsp3) is 0.692. The van der Waals surface area contributed by atoms with Gasteiger partial charge in [-0.05, 0) is 20.8 Å². The van der Waals surface area contributed by atoms with Crippen LogP contribution in [0, 0.1) is 12.3 Å². The Labute approximate surface area is 107 Å². The lowest BCUT2D eigenvalue weighted by Gasteiger charge is -2.26. The molecule has 0 radical (unpaired) electrons. The van der Waals surface area contributed by atoms with E-state index >= 15 is 0 Å². The molecule has 0 aliphatic carbocycles. The van der Waals surface area contributed by atoms with Gasteiger partial charge in [0.05, 0.1) is 6.54 Å². The third-order valence-corrected chi connectivity index (χ3v) is 2.49. The number of likely N-dealkylation sites (tertiary alicyclic amines) is 1. The molecule has 100 valence electrons. The van der Waals surface area contributed by atoms with Crippen molar-refractivity contribution in [2.24, 2.45) is 0 Å². The largest absolute Gasteiger partial charge is 0.444 e. The summed E-state index contributed by atoms with van der Waals surface area (Å²) in [5, 5.41) is 0. The lowest BCUT2D eigenvalue weighted by Crippen LogP contribution is -2.40. The van der Waals surface area contributed by atoms with Gasteiger partial charge in [-0.1, -0.05) is 5.92 Å². The van der Waals surface area contributed by atoms with Crippen LogP contribution >= 0.6 is 0 Å². The molecule has 0 bridgehead atoms. The van der Waals surface area contributed by atoms with Crippen LogP contribution in [0.4, 0.5) is 4.79 Å². The molecule has 0 aromatic rings. The third-order valence-electron chi connectivity index (χ3n) is 2.49. The third kappa shape index (κ3) is 3.66. The molecule has 18 heavy (non-hydrogen) atoms. The molecule has 5 nitrogen and oxygen atoms in total. The number of carbonyl (C=O) groups excluding carboxylic acids is 2. The average molecular weight is 253 g/mol. The zero-order valence-corrected chi connectivity index (χ0v) is 11.3. The van der Waals surface area contributed by atoms with Crippen molar-refractivity contribution in [2.75, 3.05) is 13.1 Å². The molecule has 0 aromatic heterocycles. The van der Waals surface area contributed by atoms with E-state index in [2.05, 4.69) is 5.92 Å². The van der Waals surface area contributed by atoms with Crippen LogP contribution in [-0.2, 0) is 14.3 Å². The van der Waals surface area contributed by atoms with Crippen LogP contribution in [0.5, 0.6) is 0 Å². The maximum absolute atomic E-state index is 11.8. The summed E-state index contributed by atoms with van der Waals surface area (Å²) in [7, 11) is 0. The van der Waals surface area contributed by atoms with Crippen molar-refractivity contribution in [2.45, 2.75) is 45.3 Å². The van der Waals surface area contributed by atoms with Gasteiger partial charge in [0.15, 0.2) is 5.60 Å². The van der Waals surface area contributed by atoms with E-state index in [9.17, 15) is 9.59 Å². The minimum atomic E-state index is -1.01. The first kappa shape index (κ1) is 14.4. The number of terminal acetylenes is 1. The fourth-order valence-corrected chi connectivity index (χ4v) is 1.77. The van der Waals surface area contributed by atoms with E-state index in [0.29, 0.717) is 13.0 Å². The minimum absolute atomic E-state index is 0.179. The number of esters is 1. The Morgan fingerprint density at radius 2 is 2.00 bits per heavy atom. The Balaban J connectivity index is 2.68. The summed E-state index contributed by atoms with van der Waals surface area (Å²) in [5.41, 5.74) is -1.57. The lowest BCUT2D eigenvalue weighted by atomic mass is 10.1. The monoisotopic (exact) mass is 253 g/mol. The van der Waals surface area contributed by atoms with Gasteiger partial charge < -0.3 is 14.4 Å². The van der Waals surface area contributed by atoms with Crippen LogP contribution in [0.25, 0.3) is 0 Å². The number of carbonyl (C=O) groups is 2. The second-order valence-electron chi connectivity index (χ2n) is 5.38. The van der Waals surface area contributed by atoms with Crippen molar-refractivity contribution in [1.82, 2.24) is 4.90 Å². The number of nitrogens with zero attached hydrogens (tertiary/aromatic N) is 1. The van der Waals surface area contributed by atoms with Gasteiger partial charge in [0, 0.05) is 19.9 Å². The van der Waals surface area contributed by atoms with Crippen LogP contribution in [0.2, 0.25) is 0 Å². The number of amides is 1. The molecule has 5 heteroatoms. The van der Waals surface area contributed by atoms with E-state index in [-0.39, 0.29) is 6.54 Å². The second-order valence-corrected chi connectivity index (χ2v) is 5.38. The van der Waals surface area contributed by atoms with Crippen molar-refractivity contribution in [3.63, 3.8) is 0 Å². The lowest BCUT2D eigenvalue weighted by molar-refractivity contribution is -0.150. The first-order chi connectivity index (χ1) is 8.17. The summed E-state index contributed by atoms with van der Waals surface area (Å²) in [6, 6.07) is 0. The SMILES string of the molecule is C#CC1(OC(C)=O)CCN(C(=O)OC(C)(C)C)C1. The zero-order chi connectivity index (χ0) is 14.0. The maximum atomic E-state index is 11.8. The van der Waals surface area contributed by atoms with E-state index in [4.69, 9.17) is 15.9 Å². The molecule has 1 amide bonds. The molecule has 1 atom stereocenters. The van der Waals surface area contributed by atoms with Gasteiger partial charge in [0.25, 0.3) is 0 Å². The number of ether oxygens (including phenoxy) is 2. The summed E-state index contributed by atoms with van der Waals surface area (Å²) in [6.07, 6.45) is 5.40. The van der Waals surface area contributed by atoms with Crippen molar-refractivity contribution in [3.8, 4) is 12.3 Å². The molecule has 1 saturated heterocycles. The highest BCUT2D eigenvalue weighted by atomic mass is 16.6. The van der Waals surface area contributed by atoms with Crippen molar-refractivity contribution in [1.29, 1.82) is 0 Å². The van der Waals surface area contributed by atoms with Crippen LogP contribution in [0.15, 0.2) is 0 Å². The highest BCUT2D eigenvalue weighted by molar-refractivity contribution is 5.70. The number of hydrogen-bond donors (Lipinski definition) is 0. The molecule has 1 unspecified atom stereocenters. The predicted molar refractivity (Wildman–Crippen MR) is 65.8 cm³/mol. The summed E-state index contributed by atoms with van der Waals surface area (Å²) in [5.74, 6) is 2.02. The van der Waals surface area contributed by atoms with Gasteiger partial charge in [-0.15, -0.1) is 6.42 Å². The Morgan fingerprint density at radius 1 is 1.39 bits per heavy atom. The summed E-state index contributed by atoms with van der Waals surface area (Å²) in [4.78, 5) is 24.3. The topological polar surface area (TPSA) is 55.8 Å². The van der Waals surface area contributed by atoms with Gasteiger partial charge >= 0.3 is 12.1 Å². The van der Waals surface area contributed by atoms with Crippen molar-refractivity contribution >= 4 is 12.1 Å². The first-order valence-corrected chi connectivity index (χ1v) is 5.83. The maximum Gasteiger partial charge on any atom is 0.410 e. The van der Waals surface area contributed by atoms with Crippen molar-refractivity contribution in [3.05, 3.63) is 0 Å². The minimum Gasteiger partial charge on any atom is -0.444 e. The quantitative estimate of drug-likeness (QED) is 0.525. The Bertz CT molecular complexity index is 391. The van der Waals surface area contributed by atoms with Gasteiger partial charge in [-0.25, -0.2) is 4.79 Å². The fourth-order valence-electron chi connectivity index (χ4n) is 1.77. The van der Waals surface area contributed by atoms with Crippen LogP contribution in [0.1, 0.15) is 34.1 Å². The summed E-state index contributed by atoms with van der Waals surface area (Å²) >= 11 is 0. The molecule has 1 rings (SSSR count). The number of hydrogen-bond acceptors (Lipinski definition) is 4. The Kier molecular flexibility index (Phi) is 3.90. The van der Waals surface area contributed by atoms with Crippen LogP contribution in [0.3, 0.4) is 0 Å². The van der Waals surface area contributed by atoms with Crippen LogP contribution < -0.4 is 0 Å². The zero-order valence-electron chi connectivity index (χ0n) is 11.3. The molecular formula is C13H19NO4. The Hall–Kier alpha value is -1.70. The summed E-state index contributed by atoms with van der Waals surface area (Å²) in [6.45, 7) is 7.28. The second kappa shape index (κ2) is 4.89. The highest BCUT2D eigenvalue weighted by Crippen LogP contribution is 2.26. The normalized spacial score (nSPS) is 23.4. The smallest absolute Gasteiger partial charge is 0.410 e. The average Bonchev–Trinajstić information content (AvgIpc) is 2.59. The van der Waals surface area contributed by atoms with Gasteiger partial charge in [-0.2, -0.15) is 0 Å². The molecule has 1 aliphatic rings. The van der Waals surface area contributed by atoms with E-state index in [0.717, 1.165) is 0 Å². The standard InChI is InChI=1S/C13H19NO4/c1-6-13(17-10(2)15)7-8-14(9-13)11(16)18-12(3,4)5/h1H,7-9H2,2-5H3. The van der Waals surface area contributed by atoms with Crippen molar-refractivity contribution < 1.29 is 19.1 Å². The number of rotatable bonds is 1. The van der Waals surface area contributed by atoms with Gasteiger partial charge in [-0.3, -0.25) is 4.79 Å². The molecule has 0 saturated carbocycles. The van der Waals surface area contributed by atoms with Gasteiger partial charge in [0.1, 0.15) is 5.60 Å². The first-order valence-electron chi connectivity index (χ1n) is 5.83. The summed E-state index contributed by atoms with van der Waals surface area (Å²) < 4.78 is 10.4. The molecule has 0 aromatic carbocycles. The highest BCUT2D eigenvalue weighted by Gasteiger charge is 2.42. The molecule has 1 fully saturated rings. The van der Waals surface area contributed by atoms with E-state index in [1.165, 1.54) is 11.8 Å². The van der Waals surface area contributed by atoms with E-state index in [1.54, 1.807) is 20.8 Å². The molecule has 1 heterocycles. The Morgan fingerprint density at radius 3 is 2.44 bits per heavy atom.